The Morgan fingerprint density at radius 3 is 2.60 bits per heavy atom. The summed E-state index contributed by atoms with van der Waals surface area (Å²) in [5.41, 5.74) is 0.189. The smallest absolute Gasteiger partial charge is 0.237 e. The normalized spacial score (nSPS) is 12.9. The van der Waals surface area contributed by atoms with Crippen molar-refractivity contribution in [2.75, 3.05) is 7.11 Å². The molecule has 112 valence electrons. The van der Waals surface area contributed by atoms with Crippen molar-refractivity contribution in [1.82, 2.24) is 10.6 Å². The van der Waals surface area contributed by atoms with E-state index >= 15 is 0 Å². The highest BCUT2D eigenvalue weighted by Gasteiger charge is 2.19. The third kappa shape index (κ3) is 4.81. The van der Waals surface area contributed by atoms with Crippen molar-refractivity contribution in [3.63, 3.8) is 0 Å². The van der Waals surface area contributed by atoms with E-state index in [1.54, 1.807) is 25.1 Å². The summed E-state index contributed by atoms with van der Waals surface area (Å²) in [4.78, 5) is 11.9. The zero-order chi connectivity index (χ0) is 15.3. The number of methoxy groups -OCH3 is 1. The molecule has 1 aromatic rings. The second kappa shape index (κ2) is 6.70. The topological polar surface area (TPSA) is 50.4 Å². The lowest BCUT2D eigenvalue weighted by molar-refractivity contribution is -0.124. The molecule has 0 radical (unpaired) electrons. The average Bonchev–Trinajstić information content (AvgIpc) is 2.35. The molecule has 1 amide bonds. The summed E-state index contributed by atoms with van der Waals surface area (Å²) in [6.45, 7) is 7.76. The maximum absolute atomic E-state index is 13.9. The first-order chi connectivity index (χ1) is 9.24. The molecular formula is C15H23FN2O2. The van der Waals surface area contributed by atoms with E-state index in [0.717, 1.165) is 0 Å². The molecule has 1 rings (SSSR count). The van der Waals surface area contributed by atoms with Crippen molar-refractivity contribution >= 4 is 5.91 Å². The summed E-state index contributed by atoms with van der Waals surface area (Å²) in [6.07, 6.45) is 0. The summed E-state index contributed by atoms with van der Waals surface area (Å²) < 4.78 is 18.9. The number of rotatable bonds is 5. The zero-order valence-corrected chi connectivity index (χ0v) is 12.7. The van der Waals surface area contributed by atoms with E-state index in [1.165, 1.54) is 7.11 Å². The molecular weight excluding hydrogens is 259 g/mol. The van der Waals surface area contributed by atoms with Gasteiger partial charge in [0.25, 0.3) is 0 Å². The maximum Gasteiger partial charge on any atom is 0.237 e. The molecule has 0 aliphatic heterocycles. The van der Waals surface area contributed by atoms with Gasteiger partial charge in [-0.25, -0.2) is 4.39 Å². The number of carbonyl (C=O) groups excluding carboxylic acids is 1. The molecule has 1 aromatic carbocycles. The molecule has 1 atom stereocenters. The van der Waals surface area contributed by atoms with Gasteiger partial charge in [-0.15, -0.1) is 0 Å². The van der Waals surface area contributed by atoms with Crippen LogP contribution in [0, 0.1) is 5.82 Å². The molecule has 0 bridgehead atoms. The first-order valence-corrected chi connectivity index (χ1v) is 6.61. The summed E-state index contributed by atoms with van der Waals surface area (Å²) in [6, 6.07) is 4.55. The molecule has 5 heteroatoms. The van der Waals surface area contributed by atoms with E-state index in [0.29, 0.717) is 5.56 Å². The van der Waals surface area contributed by atoms with Crippen molar-refractivity contribution < 1.29 is 13.9 Å². The Labute approximate surface area is 119 Å². The fraction of sp³-hybridized carbons (Fsp3) is 0.533. The lowest BCUT2D eigenvalue weighted by atomic mass is 10.1. The van der Waals surface area contributed by atoms with E-state index in [4.69, 9.17) is 4.74 Å². The van der Waals surface area contributed by atoms with Crippen LogP contribution in [0.4, 0.5) is 4.39 Å². The fourth-order valence-corrected chi connectivity index (χ4v) is 1.68. The standard InChI is InChI=1S/C15H23FN2O2/c1-10(14(19)18-15(2,3)4)17-9-11-7-6-8-12(20-5)13(11)16/h6-8,10,17H,9H2,1-5H3,(H,18,19). The minimum atomic E-state index is -0.403. The minimum Gasteiger partial charge on any atom is -0.494 e. The lowest BCUT2D eigenvalue weighted by Crippen LogP contribution is -2.49. The van der Waals surface area contributed by atoms with Crippen molar-refractivity contribution in [2.24, 2.45) is 0 Å². The molecule has 0 aliphatic rings. The highest BCUT2D eigenvalue weighted by atomic mass is 19.1. The molecule has 0 aromatic heterocycles. The van der Waals surface area contributed by atoms with Gasteiger partial charge in [-0.3, -0.25) is 4.79 Å². The number of ether oxygens (including phenoxy) is 1. The zero-order valence-electron chi connectivity index (χ0n) is 12.7. The Morgan fingerprint density at radius 1 is 1.40 bits per heavy atom. The Kier molecular flexibility index (Phi) is 5.51. The highest BCUT2D eigenvalue weighted by Crippen LogP contribution is 2.19. The maximum atomic E-state index is 13.9. The van der Waals surface area contributed by atoms with Crippen LogP contribution in [0.15, 0.2) is 18.2 Å². The van der Waals surface area contributed by atoms with Crippen molar-refractivity contribution in [2.45, 2.75) is 45.8 Å². The van der Waals surface area contributed by atoms with E-state index < -0.39 is 11.9 Å². The monoisotopic (exact) mass is 282 g/mol. The number of nitrogens with one attached hydrogen (secondary N) is 2. The van der Waals surface area contributed by atoms with Crippen LogP contribution >= 0.6 is 0 Å². The predicted octanol–water partition coefficient (Wildman–Crippen LogP) is 2.23. The van der Waals surface area contributed by atoms with Crippen LogP contribution in [0.2, 0.25) is 0 Å². The van der Waals surface area contributed by atoms with E-state index in [1.807, 2.05) is 20.8 Å². The van der Waals surface area contributed by atoms with Crippen LogP contribution in [0.25, 0.3) is 0 Å². The third-order valence-electron chi connectivity index (χ3n) is 2.75. The lowest BCUT2D eigenvalue weighted by Gasteiger charge is -2.23. The molecule has 4 nitrogen and oxygen atoms in total. The van der Waals surface area contributed by atoms with Crippen molar-refractivity contribution in [1.29, 1.82) is 0 Å². The van der Waals surface area contributed by atoms with Crippen LogP contribution in [0.5, 0.6) is 5.75 Å². The highest BCUT2D eigenvalue weighted by molar-refractivity contribution is 5.81. The number of hydrogen-bond donors (Lipinski definition) is 2. The van der Waals surface area contributed by atoms with Gasteiger partial charge < -0.3 is 15.4 Å². The molecule has 0 saturated carbocycles. The van der Waals surface area contributed by atoms with Gasteiger partial charge in [0, 0.05) is 17.6 Å². The predicted molar refractivity (Wildman–Crippen MR) is 77.1 cm³/mol. The number of halogens is 1. The SMILES string of the molecule is COc1cccc(CNC(C)C(=O)NC(C)(C)C)c1F. The van der Waals surface area contributed by atoms with Gasteiger partial charge in [-0.2, -0.15) is 0 Å². The van der Waals surface area contributed by atoms with Gasteiger partial charge in [0.15, 0.2) is 11.6 Å². The van der Waals surface area contributed by atoms with Crippen LogP contribution in [0.1, 0.15) is 33.3 Å². The van der Waals surface area contributed by atoms with E-state index in [-0.39, 0.29) is 23.7 Å². The average molecular weight is 282 g/mol. The Bertz CT molecular complexity index is 469. The Morgan fingerprint density at radius 2 is 2.05 bits per heavy atom. The third-order valence-corrected chi connectivity index (χ3v) is 2.75. The quantitative estimate of drug-likeness (QED) is 0.870. The van der Waals surface area contributed by atoms with Crippen LogP contribution in [-0.2, 0) is 11.3 Å². The van der Waals surface area contributed by atoms with E-state index in [9.17, 15) is 9.18 Å². The number of amides is 1. The van der Waals surface area contributed by atoms with Gasteiger partial charge >= 0.3 is 0 Å². The van der Waals surface area contributed by atoms with Gasteiger partial charge in [0.2, 0.25) is 5.91 Å². The van der Waals surface area contributed by atoms with Gasteiger partial charge in [-0.05, 0) is 33.8 Å². The summed E-state index contributed by atoms with van der Waals surface area (Å²) in [5.74, 6) is -0.303. The first-order valence-electron chi connectivity index (χ1n) is 6.61. The second-order valence-corrected chi connectivity index (χ2v) is 5.78. The Hall–Kier alpha value is -1.62. The molecule has 0 spiro atoms. The largest absolute Gasteiger partial charge is 0.494 e. The van der Waals surface area contributed by atoms with Crippen molar-refractivity contribution in [3.05, 3.63) is 29.6 Å². The van der Waals surface area contributed by atoms with Crippen LogP contribution in [-0.4, -0.2) is 24.6 Å². The second-order valence-electron chi connectivity index (χ2n) is 5.78. The molecule has 0 saturated heterocycles. The molecule has 0 fully saturated rings. The van der Waals surface area contributed by atoms with E-state index in [2.05, 4.69) is 10.6 Å². The number of carbonyl (C=O) groups is 1. The Balaban J connectivity index is 2.61. The minimum absolute atomic E-state index is 0.110. The van der Waals surface area contributed by atoms with Gasteiger partial charge in [0.1, 0.15) is 0 Å². The van der Waals surface area contributed by atoms with Gasteiger partial charge in [0.05, 0.1) is 13.2 Å². The van der Waals surface area contributed by atoms with Crippen LogP contribution in [0.3, 0.4) is 0 Å². The fourth-order valence-electron chi connectivity index (χ4n) is 1.68. The summed E-state index contributed by atoms with van der Waals surface area (Å²) in [5, 5.41) is 5.88. The summed E-state index contributed by atoms with van der Waals surface area (Å²) in [7, 11) is 1.43. The molecule has 2 N–H and O–H groups in total. The number of benzene rings is 1. The summed E-state index contributed by atoms with van der Waals surface area (Å²) >= 11 is 0. The molecule has 20 heavy (non-hydrogen) atoms. The van der Waals surface area contributed by atoms with Gasteiger partial charge in [-0.1, -0.05) is 12.1 Å². The number of hydrogen-bond acceptors (Lipinski definition) is 3. The first kappa shape index (κ1) is 16.4. The molecule has 0 aliphatic carbocycles. The van der Waals surface area contributed by atoms with Crippen molar-refractivity contribution in [3.8, 4) is 5.75 Å². The molecule has 0 heterocycles. The van der Waals surface area contributed by atoms with Crippen LogP contribution < -0.4 is 15.4 Å². The molecule has 1 unspecified atom stereocenters.